The topological polar surface area (TPSA) is 0 Å². The van der Waals surface area contributed by atoms with Crippen LogP contribution < -0.4 is 0 Å². The van der Waals surface area contributed by atoms with Crippen LogP contribution in [-0.4, -0.2) is 11.5 Å². The van der Waals surface area contributed by atoms with E-state index in [-0.39, 0.29) is 6.42 Å². The van der Waals surface area contributed by atoms with Gasteiger partial charge in [-0.15, -0.1) is 0 Å². The molecule has 0 rings (SSSR count). The van der Waals surface area contributed by atoms with Gasteiger partial charge in [0.2, 0.25) is 0 Å². The summed E-state index contributed by atoms with van der Waals surface area (Å²) in [6.07, 6.45) is -2.40. The molecule has 0 saturated carbocycles. The highest BCUT2D eigenvalue weighted by molar-refractivity contribution is 7.99. The van der Waals surface area contributed by atoms with Crippen LogP contribution in [0.5, 0.6) is 0 Å². The molecule has 1 radical (unpaired) electrons. The maximum absolute atomic E-state index is 11.9. The highest BCUT2D eigenvalue weighted by Gasteiger charge is 2.02. The molecule has 0 N–H and O–H groups in total. The molecule has 0 heterocycles. The SMILES string of the molecule is [CH2]CSCCC(F)=C(F)F. The number of hydrogen-bond acceptors (Lipinski definition) is 1. The normalized spacial score (nSPS) is 9.60. The highest BCUT2D eigenvalue weighted by atomic mass is 32.2. The molecule has 0 unspecified atom stereocenters. The summed E-state index contributed by atoms with van der Waals surface area (Å²) >= 11 is 1.34. The van der Waals surface area contributed by atoms with Gasteiger partial charge in [0.1, 0.15) is 0 Å². The molecule has 0 spiro atoms. The van der Waals surface area contributed by atoms with Crippen molar-refractivity contribution in [2.45, 2.75) is 6.42 Å². The third-order valence-corrected chi connectivity index (χ3v) is 1.60. The Bertz CT molecular complexity index is 118. The first kappa shape index (κ1) is 9.88. The highest BCUT2D eigenvalue weighted by Crippen LogP contribution is 2.15. The average Bonchev–Trinajstić information content (AvgIpc) is 1.88. The Morgan fingerprint density at radius 3 is 2.30 bits per heavy atom. The van der Waals surface area contributed by atoms with Gasteiger partial charge in [-0.05, 0) is 18.4 Å². The Morgan fingerprint density at radius 1 is 1.30 bits per heavy atom. The molecule has 0 fully saturated rings. The molecule has 0 aliphatic heterocycles. The lowest BCUT2D eigenvalue weighted by molar-refractivity contribution is 0.373. The van der Waals surface area contributed by atoms with Gasteiger partial charge in [-0.3, -0.25) is 0 Å². The molecule has 0 atom stereocenters. The maximum Gasteiger partial charge on any atom is 0.301 e. The van der Waals surface area contributed by atoms with E-state index < -0.39 is 11.9 Å². The Kier molecular flexibility index (Phi) is 5.58. The van der Waals surface area contributed by atoms with Crippen LogP contribution >= 0.6 is 11.8 Å². The minimum absolute atomic E-state index is 0.192. The van der Waals surface area contributed by atoms with E-state index in [1.165, 1.54) is 11.8 Å². The van der Waals surface area contributed by atoms with Crippen LogP contribution in [0.25, 0.3) is 0 Å². The molecule has 0 aromatic carbocycles. The predicted octanol–water partition coefficient (Wildman–Crippen LogP) is 3.02. The second kappa shape index (κ2) is 5.65. The van der Waals surface area contributed by atoms with Gasteiger partial charge in [0.05, 0.1) is 0 Å². The Balaban J connectivity index is 3.40. The Morgan fingerprint density at radius 2 is 1.90 bits per heavy atom. The summed E-state index contributed by atoms with van der Waals surface area (Å²) in [4.78, 5) is 0. The monoisotopic (exact) mass is 169 g/mol. The van der Waals surface area contributed by atoms with Gasteiger partial charge >= 0.3 is 6.08 Å². The van der Waals surface area contributed by atoms with Gasteiger partial charge in [0.25, 0.3) is 0 Å². The summed E-state index contributed by atoms with van der Waals surface area (Å²) in [5.74, 6) is -0.352. The van der Waals surface area contributed by atoms with E-state index in [2.05, 4.69) is 6.92 Å². The van der Waals surface area contributed by atoms with Crippen LogP contribution in [-0.2, 0) is 0 Å². The van der Waals surface area contributed by atoms with Crippen molar-refractivity contribution >= 4 is 11.8 Å². The van der Waals surface area contributed by atoms with E-state index in [0.717, 1.165) is 0 Å². The van der Waals surface area contributed by atoms with Gasteiger partial charge in [-0.1, -0.05) is 0 Å². The van der Waals surface area contributed by atoms with Gasteiger partial charge in [-0.25, -0.2) is 4.39 Å². The van der Waals surface area contributed by atoms with Crippen molar-refractivity contribution in [3.8, 4) is 0 Å². The fourth-order valence-electron chi connectivity index (χ4n) is 0.358. The largest absolute Gasteiger partial charge is 0.301 e. The van der Waals surface area contributed by atoms with Crippen LogP contribution in [0.2, 0.25) is 0 Å². The molecule has 10 heavy (non-hydrogen) atoms. The molecule has 0 aromatic rings. The summed E-state index contributed by atoms with van der Waals surface area (Å²) in [5.41, 5.74) is 0. The van der Waals surface area contributed by atoms with Crippen molar-refractivity contribution in [3.05, 3.63) is 18.8 Å². The molecule has 0 saturated heterocycles. The van der Waals surface area contributed by atoms with E-state index in [1.54, 1.807) is 0 Å². The second-order valence-electron chi connectivity index (χ2n) is 1.53. The first-order chi connectivity index (χ1) is 4.68. The van der Waals surface area contributed by atoms with E-state index in [0.29, 0.717) is 11.5 Å². The first-order valence-corrected chi connectivity index (χ1v) is 3.90. The van der Waals surface area contributed by atoms with E-state index >= 15 is 0 Å². The number of hydrogen-bond donors (Lipinski definition) is 0. The zero-order valence-electron chi connectivity index (χ0n) is 5.37. The Hall–Kier alpha value is -0.120. The minimum Gasteiger partial charge on any atom is -0.206 e. The molecular weight excluding hydrogens is 161 g/mol. The lowest BCUT2D eigenvalue weighted by Crippen LogP contribution is -1.82. The zero-order valence-corrected chi connectivity index (χ0v) is 6.19. The lowest BCUT2D eigenvalue weighted by Gasteiger charge is -1.93. The van der Waals surface area contributed by atoms with Crippen LogP contribution in [0.4, 0.5) is 13.2 Å². The van der Waals surface area contributed by atoms with Gasteiger partial charge in [0, 0.05) is 6.42 Å². The summed E-state index contributed by atoms with van der Waals surface area (Å²) in [5, 5.41) is 0. The van der Waals surface area contributed by atoms with Crippen molar-refractivity contribution in [1.29, 1.82) is 0 Å². The maximum atomic E-state index is 11.9. The minimum atomic E-state index is -2.20. The summed E-state index contributed by atoms with van der Waals surface area (Å²) in [6, 6.07) is 0. The molecule has 0 aromatic heterocycles. The van der Waals surface area contributed by atoms with Gasteiger partial charge in [-0.2, -0.15) is 20.5 Å². The molecule has 0 bridgehead atoms. The Labute approximate surface area is 62.5 Å². The lowest BCUT2D eigenvalue weighted by atomic mass is 10.4. The molecule has 0 amide bonds. The fraction of sp³-hybridized carbons (Fsp3) is 0.500. The number of rotatable bonds is 4. The van der Waals surface area contributed by atoms with Crippen LogP contribution in [0.3, 0.4) is 0 Å². The van der Waals surface area contributed by atoms with Crippen LogP contribution in [0.1, 0.15) is 6.42 Å². The van der Waals surface area contributed by atoms with E-state index in [9.17, 15) is 13.2 Å². The molecule has 0 nitrogen and oxygen atoms in total. The first-order valence-electron chi connectivity index (χ1n) is 2.75. The van der Waals surface area contributed by atoms with Crippen molar-refractivity contribution in [2.75, 3.05) is 11.5 Å². The quantitative estimate of drug-likeness (QED) is 0.583. The average molecular weight is 169 g/mol. The number of thioether (sulfide) groups is 1. The smallest absolute Gasteiger partial charge is 0.206 e. The van der Waals surface area contributed by atoms with E-state index in [4.69, 9.17) is 0 Å². The standard InChI is InChI=1S/C6H8F3S/c1-2-10-4-3-5(7)6(8)9/h1-4H2. The van der Waals surface area contributed by atoms with Gasteiger partial charge < -0.3 is 0 Å². The zero-order chi connectivity index (χ0) is 7.98. The third-order valence-electron chi connectivity index (χ3n) is 0.815. The molecule has 0 aliphatic rings. The van der Waals surface area contributed by atoms with Crippen molar-refractivity contribution in [2.24, 2.45) is 0 Å². The molecule has 4 heteroatoms. The summed E-state index contributed by atoms with van der Waals surface area (Å²) in [6.45, 7) is 3.46. The van der Waals surface area contributed by atoms with Crippen LogP contribution in [0.15, 0.2) is 11.9 Å². The van der Waals surface area contributed by atoms with Crippen molar-refractivity contribution in [3.63, 3.8) is 0 Å². The number of halogens is 3. The molecule has 59 valence electrons. The number of allylic oxidation sites excluding steroid dienone is 1. The molecular formula is C6H8F3S. The second-order valence-corrected chi connectivity index (χ2v) is 2.75. The predicted molar refractivity (Wildman–Crippen MR) is 37.6 cm³/mol. The fourth-order valence-corrected chi connectivity index (χ4v) is 0.886. The van der Waals surface area contributed by atoms with Gasteiger partial charge in [0.15, 0.2) is 5.83 Å². The summed E-state index contributed by atoms with van der Waals surface area (Å²) < 4.78 is 34.6. The van der Waals surface area contributed by atoms with Crippen LogP contribution in [0, 0.1) is 6.92 Å². The van der Waals surface area contributed by atoms with Crippen molar-refractivity contribution < 1.29 is 13.2 Å². The molecule has 0 aliphatic carbocycles. The summed E-state index contributed by atoms with van der Waals surface area (Å²) in [7, 11) is 0. The van der Waals surface area contributed by atoms with Crippen molar-refractivity contribution in [1.82, 2.24) is 0 Å². The van der Waals surface area contributed by atoms with E-state index in [1.807, 2.05) is 0 Å². The third kappa shape index (κ3) is 4.73.